The third kappa shape index (κ3) is 7.75. The van der Waals surface area contributed by atoms with E-state index in [1.807, 2.05) is 29.2 Å². The van der Waals surface area contributed by atoms with Crippen molar-refractivity contribution in [2.75, 3.05) is 39.3 Å². The lowest BCUT2D eigenvalue weighted by atomic mass is 9.87. The van der Waals surface area contributed by atoms with Gasteiger partial charge in [-0.25, -0.2) is 13.6 Å². The molecule has 7 heteroatoms. The highest BCUT2D eigenvalue weighted by Gasteiger charge is 2.21. The molecule has 2 aromatic carbocycles. The standard InChI is InChI=1S/C25H33F2N3O.ClH/c1-2-3-14-28-25(31)30-18-16-29(17-19-30)15-4-5-24(20-6-10-22(26)11-7-20)21-8-12-23(27)13-9-21;/h6-13,24H,2-5,14-19H2,1H3,(H,28,31);1H. The molecular weight excluding hydrogens is 432 g/mol. The van der Waals surface area contributed by atoms with Crippen LogP contribution in [0.5, 0.6) is 0 Å². The summed E-state index contributed by atoms with van der Waals surface area (Å²) in [6.45, 7) is 7.04. The van der Waals surface area contributed by atoms with Crippen LogP contribution in [0.25, 0.3) is 0 Å². The first-order valence-corrected chi connectivity index (χ1v) is 11.3. The highest BCUT2D eigenvalue weighted by Crippen LogP contribution is 2.30. The number of urea groups is 1. The molecule has 1 fully saturated rings. The van der Waals surface area contributed by atoms with Crippen molar-refractivity contribution in [3.63, 3.8) is 0 Å². The van der Waals surface area contributed by atoms with Crippen LogP contribution < -0.4 is 5.32 Å². The monoisotopic (exact) mass is 465 g/mol. The maximum absolute atomic E-state index is 13.4. The number of halogens is 3. The number of piperazine rings is 1. The van der Waals surface area contributed by atoms with Gasteiger partial charge in [0.05, 0.1) is 0 Å². The molecule has 1 aliphatic heterocycles. The van der Waals surface area contributed by atoms with Crippen molar-refractivity contribution in [2.24, 2.45) is 0 Å². The quantitative estimate of drug-likeness (QED) is 0.501. The molecule has 0 atom stereocenters. The number of unbranched alkanes of at least 4 members (excludes halogenated alkanes) is 1. The van der Waals surface area contributed by atoms with Gasteiger partial charge in [-0.15, -0.1) is 12.4 Å². The number of nitrogens with zero attached hydrogens (tertiary/aromatic N) is 2. The molecule has 0 saturated carbocycles. The van der Waals surface area contributed by atoms with Crippen molar-refractivity contribution in [1.82, 2.24) is 15.1 Å². The van der Waals surface area contributed by atoms with Gasteiger partial charge >= 0.3 is 6.03 Å². The van der Waals surface area contributed by atoms with Gasteiger partial charge in [0.1, 0.15) is 11.6 Å². The molecule has 1 heterocycles. The predicted molar refractivity (Wildman–Crippen MR) is 127 cm³/mol. The van der Waals surface area contributed by atoms with Crippen molar-refractivity contribution >= 4 is 18.4 Å². The van der Waals surface area contributed by atoms with E-state index in [2.05, 4.69) is 17.1 Å². The molecule has 1 N–H and O–H groups in total. The molecule has 0 unspecified atom stereocenters. The Kier molecular flexibility index (Phi) is 10.9. The van der Waals surface area contributed by atoms with E-state index in [0.717, 1.165) is 76.1 Å². The SMILES string of the molecule is CCCCNC(=O)N1CCN(CCCC(c2ccc(F)cc2)c2ccc(F)cc2)CC1.Cl. The summed E-state index contributed by atoms with van der Waals surface area (Å²) in [5.74, 6) is -0.400. The normalized spacial score (nSPS) is 14.3. The van der Waals surface area contributed by atoms with Gasteiger partial charge in [-0.2, -0.15) is 0 Å². The van der Waals surface area contributed by atoms with Gasteiger partial charge < -0.3 is 10.2 Å². The number of rotatable bonds is 9. The lowest BCUT2D eigenvalue weighted by molar-refractivity contribution is 0.138. The third-order valence-corrected chi connectivity index (χ3v) is 5.98. The second-order valence-corrected chi connectivity index (χ2v) is 8.21. The summed E-state index contributed by atoms with van der Waals surface area (Å²) in [4.78, 5) is 16.5. The second kappa shape index (κ2) is 13.4. The van der Waals surface area contributed by atoms with Gasteiger partial charge in [-0.05, 0) is 61.2 Å². The van der Waals surface area contributed by atoms with Crippen molar-refractivity contribution in [2.45, 2.75) is 38.5 Å². The zero-order chi connectivity index (χ0) is 22.1. The van der Waals surface area contributed by atoms with Crippen LogP contribution in [0.2, 0.25) is 0 Å². The molecule has 1 saturated heterocycles. The Morgan fingerprint density at radius 1 is 0.906 bits per heavy atom. The van der Waals surface area contributed by atoms with E-state index in [1.54, 1.807) is 0 Å². The van der Waals surface area contributed by atoms with E-state index in [4.69, 9.17) is 0 Å². The summed E-state index contributed by atoms with van der Waals surface area (Å²) < 4.78 is 26.8. The minimum Gasteiger partial charge on any atom is -0.338 e. The number of hydrogen-bond acceptors (Lipinski definition) is 2. The van der Waals surface area contributed by atoms with Crippen LogP contribution in [0.3, 0.4) is 0 Å². The summed E-state index contributed by atoms with van der Waals surface area (Å²) in [7, 11) is 0. The van der Waals surface area contributed by atoms with Crippen LogP contribution in [0.4, 0.5) is 13.6 Å². The van der Waals surface area contributed by atoms with Gasteiger partial charge in [0.2, 0.25) is 0 Å². The largest absolute Gasteiger partial charge is 0.338 e. The molecule has 0 aliphatic carbocycles. The Balaban J connectivity index is 0.00000363. The van der Waals surface area contributed by atoms with Crippen molar-refractivity contribution in [3.8, 4) is 0 Å². The van der Waals surface area contributed by atoms with Gasteiger partial charge in [-0.1, -0.05) is 37.6 Å². The van der Waals surface area contributed by atoms with Crippen LogP contribution in [0.15, 0.2) is 48.5 Å². The highest BCUT2D eigenvalue weighted by molar-refractivity contribution is 5.85. The fraction of sp³-hybridized carbons (Fsp3) is 0.480. The summed E-state index contributed by atoms with van der Waals surface area (Å²) in [6.07, 6.45) is 3.96. The number of carbonyl (C=O) groups excluding carboxylic acids is 1. The fourth-order valence-corrected chi connectivity index (χ4v) is 4.09. The van der Waals surface area contributed by atoms with E-state index in [1.165, 1.54) is 24.3 Å². The topological polar surface area (TPSA) is 35.6 Å². The molecule has 2 amide bonds. The van der Waals surface area contributed by atoms with Gasteiger partial charge in [0.15, 0.2) is 0 Å². The highest BCUT2D eigenvalue weighted by atomic mass is 35.5. The minimum atomic E-state index is -0.252. The number of nitrogens with one attached hydrogen (secondary N) is 1. The van der Waals surface area contributed by atoms with Crippen LogP contribution in [0.1, 0.15) is 49.7 Å². The van der Waals surface area contributed by atoms with E-state index >= 15 is 0 Å². The Hall–Kier alpha value is -2.18. The van der Waals surface area contributed by atoms with E-state index < -0.39 is 0 Å². The van der Waals surface area contributed by atoms with E-state index in [0.29, 0.717) is 0 Å². The van der Waals surface area contributed by atoms with Crippen LogP contribution in [0, 0.1) is 11.6 Å². The molecule has 0 spiro atoms. The molecule has 4 nitrogen and oxygen atoms in total. The summed E-state index contributed by atoms with van der Waals surface area (Å²) >= 11 is 0. The molecule has 0 bridgehead atoms. The number of amides is 2. The van der Waals surface area contributed by atoms with Crippen molar-refractivity contribution < 1.29 is 13.6 Å². The molecule has 3 rings (SSSR count). The molecule has 1 aliphatic rings. The van der Waals surface area contributed by atoms with Gasteiger partial charge in [0.25, 0.3) is 0 Å². The Labute approximate surface area is 196 Å². The Morgan fingerprint density at radius 2 is 1.44 bits per heavy atom. The Morgan fingerprint density at radius 3 is 1.94 bits per heavy atom. The van der Waals surface area contributed by atoms with Gasteiger partial charge in [-0.3, -0.25) is 4.90 Å². The molecule has 0 aromatic heterocycles. The average Bonchev–Trinajstić information content (AvgIpc) is 2.79. The average molecular weight is 466 g/mol. The molecule has 2 aromatic rings. The fourth-order valence-electron chi connectivity index (χ4n) is 4.09. The van der Waals surface area contributed by atoms with Crippen molar-refractivity contribution in [1.29, 1.82) is 0 Å². The molecular formula is C25H34ClF2N3O. The van der Waals surface area contributed by atoms with Crippen LogP contribution in [-0.4, -0.2) is 55.1 Å². The van der Waals surface area contributed by atoms with E-state index in [9.17, 15) is 13.6 Å². The molecule has 0 radical (unpaired) electrons. The Bertz CT molecular complexity index is 763. The van der Waals surface area contributed by atoms with Crippen LogP contribution in [-0.2, 0) is 0 Å². The number of hydrogen-bond donors (Lipinski definition) is 1. The maximum atomic E-state index is 13.4. The van der Waals surface area contributed by atoms with Crippen LogP contribution >= 0.6 is 12.4 Å². The molecule has 176 valence electrons. The first kappa shape index (κ1) is 26.1. The lowest BCUT2D eigenvalue weighted by Gasteiger charge is -2.35. The number of benzene rings is 2. The maximum Gasteiger partial charge on any atom is 0.317 e. The minimum absolute atomic E-state index is 0. The lowest BCUT2D eigenvalue weighted by Crippen LogP contribution is -2.52. The summed E-state index contributed by atoms with van der Waals surface area (Å²) in [5.41, 5.74) is 2.09. The smallest absolute Gasteiger partial charge is 0.317 e. The second-order valence-electron chi connectivity index (χ2n) is 8.21. The zero-order valence-electron chi connectivity index (χ0n) is 18.7. The van der Waals surface area contributed by atoms with Gasteiger partial charge in [0, 0.05) is 38.6 Å². The predicted octanol–water partition coefficient (Wildman–Crippen LogP) is 5.43. The number of carbonyl (C=O) groups is 1. The van der Waals surface area contributed by atoms with Crippen molar-refractivity contribution in [3.05, 3.63) is 71.3 Å². The van der Waals surface area contributed by atoms with E-state index in [-0.39, 0.29) is 36.0 Å². The third-order valence-electron chi connectivity index (χ3n) is 5.98. The zero-order valence-corrected chi connectivity index (χ0v) is 19.6. The first-order chi connectivity index (χ1) is 15.1. The summed E-state index contributed by atoms with van der Waals surface area (Å²) in [6, 6.07) is 13.2. The first-order valence-electron chi connectivity index (χ1n) is 11.3. The molecule has 32 heavy (non-hydrogen) atoms. The summed E-state index contributed by atoms with van der Waals surface area (Å²) in [5, 5.41) is 2.99.